The van der Waals surface area contributed by atoms with Gasteiger partial charge >= 0.3 is 0 Å². The van der Waals surface area contributed by atoms with Gasteiger partial charge in [0.05, 0.1) is 16.0 Å². The second-order valence-electron chi connectivity index (χ2n) is 4.69. The summed E-state index contributed by atoms with van der Waals surface area (Å²) in [5, 5.41) is 10.4. The molecule has 5 nitrogen and oxygen atoms in total. The van der Waals surface area contributed by atoms with Gasteiger partial charge in [-0.05, 0) is 41.3 Å². The highest BCUT2D eigenvalue weighted by Gasteiger charge is 2.19. The minimum absolute atomic E-state index is 0.262. The molecular formula is C16H12N4OS2. The van der Waals surface area contributed by atoms with Crippen molar-refractivity contribution in [2.45, 2.75) is 11.8 Å². The van der Waals surface area contributed by atoms with Crippen LogP contribution in [0.1, 0.15) is 18.1 Å². The molecule has 0 radical (unpaired) electrons. The number of amides is 1. The first-order valence-electron chi connectivity index (χ1n) is 6.86. The van der Waals surface area contributed by atoms with Crippen molar-refractivity contribution in [3.05, 3.63) is 40.4 Å². The maximum atomic E-state index is 11.7. The van der Waals surface area contributed by atoms with Crippen LogP contribution in [-0.4, -0.2) is 21.8 Å². The van der Waals surface area contributed by atoms with Gasteiger partial charge in [0.2, 0.25) is 0 Å². The van der Waals surface area contributed by atoms with E-state index < -0.39 is 0 Å². The van der Waals surface area contributed by atoms with E-state index in [9.17, 15) is 10.1 Å². The van der Waals surface area contributed by atoms with Crippen LogP contribution >= 0.6 is 23.5 Å². The van der Waals surface area contributed by atoms with E-state index in [1.807, 2.05) is 25.1 Å². The van der Waals surface area contributed by atoms with Crippen molar-refractivity contribution in [3.8, 4) is 6.07 Å². The van der Waals surface area contributed by atoms with E-state index in [-0.39, 0.29) is 11.1 Å². The normalized spacial score (nSPS) is 15.9. The zero-order chi connectivity index (χ0) is 16.4. The average Bonchev–Trinajstić information content (AvgIpc) is 2.85. The Kier molecular flexibility index (Phi) is 4.37. The molecule has 1 aliphatic heterocycles. The molecule has 0 fully saturated rings. The largest absolute Gasteiger partial charge is 0.378 e. The van der Waals surface area contributed by atoms with E-state index in [4.69, 9.17) is 5.73 Å². The zero-order valence-corrected chi connectivity index (χ0v) is 13.9. The molecule has 1 amide bonds. The van der Waals surface area contributed by atoms with Crippen LogP contribution in [0.15, 0.2) is 39.2 Å². The Morgan fingerprint density at radius 2 is 2.30 bits per heavy atom. The number of amidine groups is 1. The smallest absolute Gasteiger partial charge is 0.286 e. The summed E-state index contributed by atoms with van der Waals surface area (Å²) in [5.41, 5.74) is 7.80. The summed E-state index contributed by atoms with van der Waals surface area (Å²) in [7, 11) is 0. The fourth-order valence-corrected chi connectivity index (χ4v) is 3.78. The lowest BCUT2D eigenvalue weighted by Gasteiger charge is -2.08. The molecule has 0 spiro atoms. The standard InChI is InChI=1S/C16H12N4OS2/c1-2-22-14-10(7-17)8-19-12-4-3-9(5-11(12)14)6-13-15(21)20-16(18)23-13/h3-6,8H,2H2,1H3,(H2,18,20,21). The summed E-state index contributed by atoms with van der Waals surface area (Å²) in [5.74, 6) is 0.539. The third-order valence-corrected chi connectivity index (χ3v) is 5.02. The minimum Gasteiger partial charge on any atom is -0.378 e. The Hall–Kier alpha value is -2.30. The topological polar surface area (TPSA) is 92.1 Å². The van der Waals surface area contributed by atoms with E-state index >= 15 is 0 Å². The van der Waals surface area contributed by atoms with Gasteiger partial charge in [0.15, 0.2) is 5.17 Å². The summed E-state index contributed by atoms with van der Waals surface area (Å²) in [6.45, 7) is 2.04. The van der Waals surface area contributed by atoms with Crippen LogP contribution in [0.25, 0.3) is 17.0 Å². The molecule has 0 aliphatic carbocycles. The average molecular weight is 340 g/mol. The number of nitrogens with two attached hydrogens (primary N) is 1. The summed E-state index contributed by atoms with van der Waals surface area (Å²) < 4.78 is 0. The molecule has 1 aromatic carbocycles. The second-order valence-corrected chi connectivity index (χ2v) is 7.02. The molecule has 0 atom stereocenters. The van der Waals surface area contributed by atoms with Crippen LogP contribution < -0.4 is 5.73 Å². The number of nitrogens with zero attached hydrogens (tertiary/aromatic N) is 3. The highest BCUT2D eigenvalue weighted by Crippen LogP contribution is 2.32. The van der Waals surface area contributed by atoms with Crippen LogP contribution in [0.2, 0.25) is 0 Å². The number of rotatable bonds is 3. The van der Waals surface area contributed by atoms with Crippen LogP contribution in [0, 0.1) is 11.3 Å². The number of pyridine rings is 1. The first-order chi connectivity index (χ1) is 11.1. The second kappa shape index (κ2) is 6.44. The zero-order valence-electron chi connectivity index (χ0n) is 12.2. The summed E-state index contributed by atoms with van der Waals surface area (Å²) in [6.07, 6.45) is 3.36. The molecule has 2 N–H and O–H groups in total. The van der Waals surface area contributed by atoms with Crippen LogP contribution in [0.3, 0.4) is 0 Å². The van der Waals surface area contributed by atoms with E-state index in [2.05, 4.69) is 16.0 Å². The van der Waals surface area contributed by atoms with Crippen molar-refractivity contribution in [1.29, 1.82) is 5.26 Å². The fourth-order valence-electron chi connectivity index (χ4n) is 2.23. The summed E-state index contributed by atoms with van der Waals surface area (Å²) in [6, 6.07) is 7.90. The molecule has 7 heteroatoms. The van der Waals surface area contributed by atoms with Gasteiger partial charge in [-0.3, -0.25) is 9.78 Å². The van der Waals surface area contributed by atoms with Gasteiger partial charge in [-0.1, -0.05) is 13.0 Å². The van der Waals surface area contributed by atoms with E-state index in [1.54, 1.807) is 24.0 Å². The first kappa shape index (κ1) is 15.6. The molecule has 2 heterocycles. The van der Waals surface area contributed by atoms with Crippen molar-refractivity contribution >= 4 is 51.6 Å². The molecule has 0 saturated carbocycles. The third-order valence-electron chi connectivity index (χ3n) is 3.19. The number of benzene rings is 1. The number of thioether (sulfide) groups is 2. The molecule has 23 heavy (non-hydrogen) atoms. The predicted molar refractivity (Wildman–Crippen MR) is 95.1 cm³/mol. The molecule has 2 aromatic rings. The lowest BCUT2D eigenvalue weighted by molar-refractivity contribution is -0.113. The van der Waals surface area contributed by atoms with Crippen LogP contribution in [0.5, 0.6) is 0 Å². The Morgan fingerprint density at radius 3 is 2.96 bits per heavy atom. The maximum absolute atomic E-state index is 11.7. The van der Waals surface area contributed by atoms with Crippen molar-refractivity contribution in [2.75, 3.05) is 5.75 Å². The fraction of sp³-hybridized carbons (Fsp3) is 0.125. The molecule has 0 saturated heterocycles. The number of hydrogen-bond acceptors (Lipinski definition) is 6. The summed E-state index contributed by atoms with van der Waals surface area (Å²) >= 11 is 2.77. The van der Waals surface area contributed by atoms with Crippen molar-refractivity contribution in [3.63, 3.8) is 0 Å². The number of hydrogen-bond donors (Lipinski definition) is 1. The number of nitriles is 1. The van der Waals surface area contributed by atoms with Gasteiger partial charge < -0.3 is 5.73 Å². The van der Waals surface area contributed by atoms with E-state index in [1.165, 1.54) is 0 Å². The Labute approximate surface area is 141 Å². The Bertz CT molecular complexity index is 912. The number of fused-ring (bicyclic) bond motifs is 1. The van der Waals surface area contributed by atoms with Gasteiger partial charge in [0.1, 0.15) is 6.07 Å². The number of aromatic nitrogens is 1. The molecule has 114 valence electrons. The molecular weight excluding hydrogens is 328 g/mol. The van der Waals surface area contributed by atoms with Gasteiger partial charge in [-0.25, -0.2) is 0 Å². The number of aliphatic imine (C=N–C) groups is 1. The van der Waals surface area contributed by atoms with Gasteiger partial charge in [-0.15, -0.1) is 11.8 Å². The van der Waals surface area contributed by atoms with E-state index in [0.717, 1.165) is 38.9 Å². The van der Waals surface area contributed by atoms with E-state index in [0.29, 0.717) is 10.5 Å². The maximum Gasteiger partial charge on any atom is 0.286 e. The molecule has 0 bridgehead atoms. The highest BCUT2D eigenvalue weighted by molar-refractivity contribution is 8.18. The number of carbonyl (C=O) groups excluding carboxylic acids is 1. The molecule has 1 aromatic heterocycles. The molecule has 1 aliphatic rings. The Morgan fingerprint density at radius 1 is 1.48 bits per heavy atom. The van der Waals surface area contributed by atoms with Crippen molar-refractivity contribution in [2.24, 2.45) is 10.7 Å². The molecule has 3 rings (SSSR count). The van der Waals surface area contributed by atoms with Gasteiger partial charge in [0.25, 0.3) is 5.91 Å². The van der Waals surface area contributed by atoms with Crippen LogP contribution in [0.4, 0.5) is 0 Å². The quantitative estimate of drug-likeness (QED) is 0.681. The predicted octanol–water partition coefficient (Wildman–Crippen LogP) is 3.15. The lowest BCUT2D eigenvalue weighted by atomic mass is 10.1. The van der Waals surface area contributed by atoms with Gasteiger partial charge in [-0.2, -0.15) is 10.3 Å². The summed E-state index contributed by atoms with van der Waals surface area (Å²) in [4.78, 5) is 21.1. The van der Waals surface area contributed by atoms with Crippen molar-refractivity contribution in [1.82, 2.24) is 4.98 Å². The Balaban J connectivity index is 2.11. The van der Waals surface area contributed by atoms with Crippen molar-refractivity contribution < 1.29 is 4.79 Å². The highest BCUT2D eigenvalue weighted by atomic mass is 32.2. The monoisotopic (exact) mass is 340 g/mol. The molecule has 0 unspecified atom stereocenters. The number of carbonyl (C=O) groups is 1. The minimum atomic E-state index is -0.320. The SMILES string of the molecule is CCSc1c(C#N)cnc2ccc(C=C3SC(N)=NC3=O)cc12. The third kappa shape index (κ3) is 3.09. The first-order valence-corrected chi connectivity index (χ1v) is 8.66. The van der Waals surface area contributed by atoms with Gasteiger partial charge in [0, 0.05) is 16.5 Å². The van der Waals surface area contributed by atoms with Crippen LogP contribution in [-0.2, 0) is 4.79 Å². The lowest BCUT2D eigenvalue weighted by Crippen LogP contribution is -2.01.